The van der Waals surface area contributed by atoms with Crippen molar-refractivity contribution in [1.29, 1.82) is 0 Å². The molecule has 1 heterocycles. The van der Waals surface area contributed by atoms with Crippen molar-refractivity contribution >= 4 is 11.6 Å². The van der Waals surface area contributed by atoms with Crippen LogP contribution in [-0.4, -0.2) is 30.1 Å². The monoisotopic (exact) mass is 310 g/mol. The minimum Gasteiger partial charge on any atom is -0.311 e. The molecule has 2 atom stereocenters. The van der Waals surface area contributed by atoms with Crippen molar-refractivity contribution in [2.24, 2.45) is 5.92 Å². The molecular weight excluding hydrogens is 287 g/mol. The average Bonchev–Trinajstić information content (AvgIpc) is 3.28. The highest BCUT2D eigenvalue weighted by Crippen LogP contribution is 2.35. The molecule has 116 valence electrons. The van der Waals surface area contributed by atoms with Crippen molar-refractivity contribution < 1.29 is 4.39 Å². The third-order valence-electron chi connectivity index (χ3n) is 4.76. The second-order valence-corrected chi connectivity index (χ2v) is 6.87. The maximum absolute atomic E-state index is 13.2. The Hall–Kier alpha value is -0.640. The lowest BCUT2D eigenvalue weighted by molar-refractivity contribution is 0.108. The zero-order valence-corrected chi connectivity index (χ0v) is 13.4. The van der Waals surface area contributed by atoms with Gasteiger partial charge in [0.15, 0.2) is 0 Å². The summed E-state index contributed by atoms with van der Waals surface area (Å²) in [5.41, 5.74) is 1.04. The number of hydrogen-bond acceptors (Lipinski definition) is 2. The third kappa shape index (κ3) is 3.77. The van der Waals surface area contributed by atoms with Crippen LogP contribution in [0.25, 0.3) is 0 Å². The van der Waals surface area contributed by atoms with E-state index < -0.39 is 0 Å². The number of piperazine rings is 1. The van der Waals surface area contributed by atoms with E-state index in [-0.39, 0.29) is 5.82 Å². The lowest BCUT2D eigenvalue weighted by atomic mass is 10.0. The summed E-state index contributed by atoms with van der Waals surface area (Å²) >= 11 is 6.20. The SMILES string of the molecule is CCCC1CNC(C2CC2)CN1Cc1ccc(F)cc1Cl. The van der Waals surface area contributed by atoms with Crippen LogP contribution in [0.3, 0.4) is 0 Å². The lowest BCUT2D eigenvalue weighted by Gasteiger charge is -2.41. The fourth-order valence-electron chi connectivity index (χ4n) is 3.38. The Morgan fingerprint density at radius 2 is 2.19 bits per heavy atom. The summed E-state index contributed by atoms with van der Waals surface area (Å²) < 4.78 is 13.2. The largest absolute Gasteiger partial charge is 0.311 e. The third-order valence-corrected chi connectivity index (χ3v) is 5.12. The van der Waals surface area contributed by atoms with E-state index >= 15 is 0 Å². The van der Waals surface area contributed by atoms with Gasteiger partial charge in [0, 0.05) is 36.7 Å². The summed E-state index contributed by atoms with van der Waals surface area (Å²) in [5.74, 6) is 0.601. The first-order valence-corrected chi connectivity index (χ1v) is 8.46. The fraction of sp³-hybridized carbons (Fsp3) is 0.647. The molecule has 0 spiro atoms. The smallest absolute Gasteiger partial charge is 0.124 e. The van der Waals surface area contributed by atoms with Gasteiger partial charge in [-0.15, -0.1) is 0 Å². The van der Waals surface area contributed by atoms with Crippen molar-refractivity contribution in [3.05, 3.63) is 34.6 Å². The molecule has 1 aliphatic carbocycles. The van der Waals surface area contributed by atoms with E-state index in [1.165, 1.54) is 37.8 Å². The molecule has 0 aromatic heterocycles. The number of rotatable bonds is 5. The maximum Gasteiger partial charge on any atom is 0.124 e. The number of nitrogens with zero attached hydrogens (tertiary/aromatic N) is 1. The Bertz CT molecular complexity index is 490. The summed E-state index contributed by atoms with van der Waals surface area (Å²) in [6.45, 7) is 5.21. The second kappa shape index (κ2) is 6.64. The normalized spacial score (nSPS) is 27.0. The summed E-state index contributed by atoms with van der Waals surface area (Å²) in [7, 11) is 0. The van der Waals surface area contributed by atoms with Crippen LogP contribution in [-0.2, 0) is 6.54 Å². The van der Waals surface area contributed by atoms with Crippen LogP contribution in [0.4, 0.5) is 4.39 Å². The van der Waals surface area contributed by atoms with Gasteiger partial charge in [-0.1, -0.05) is 31.0 Å². The maximum atomic E-state index is 13.2. The van der Waals surface area contributed by atoms with E-state index in [4.69, 9.17) is 11.6 Å². The molecule has 2 unspecified atom stereocenters. The van der Waals surface area contributed by atoms with E-state index in [0.29, 0.717) is 17.1 Å². The van der Waals surface area contributed by atoms with E-state index in [1.54, 1.807) is 0 Å². The van der Waals surface area contributed by atoms with Crippen molar-refractivity contribution in [3.8, 4) is 0 Å². The van der Waals surface area contributed by atoms with Crippen LogP contribution in [0.5, 0.6) is 0 Å². The zero-order valence-electron chi connectivity index (χ0n) is 12.6. The van der Waals surface area contributed by atoms with E-state index in [9.17, 15) is 4.39 Å². The van der Waals surface area contributed by atoms with Crippen molar-refractivity contribution in [2.45, 2.75) is 51.2 Å². The molecule has 0 amide bonds. The quantitative estimate of drug-likeness (QED) is 0.889. The van der Waals surface area contributed by atoms with Gasteiger partial charge in [0.05, 0.1) is 0 Å². The van der Waals surface area contributed by atoms with Gasteiger partial charge in [0.25, 0.3) is 0 Å². The van der Waals surface area contributed by atoms with Crippen molar-refractivity contribution in [3.63, 3.8) is 0 Å². The van der Waals surface area contributed by atoms with Gasteiger partial charge < -0.3 is 5.32 Å². The van der Waals surface area contributed by atoms with Gasteiger partial charge in [-0.3, -0.25) is 4.90 Å². The first-order valence-electron chi connectivity index (χ1n) is 8.08. The van der Waals surface area contributed by atoms with Crippen LogP contribution in [0.1, 0.15) is 38.2 Å². The first kappa shape index (κ1) is 15.3. The number of nitrogens with one attached hydrogen (secondary N) is 1. The molecule has 0 bridgehead atoms. The molecule has 2 fully saturated rings. The molecule has 1 saturated heterocycles. The van der Waals surface area contributed by atoms with Crippen LogP contribution in [0.2, 0.25) is 5.02 Å². The van der Waals surface area contributed by atoms with Crippen molar-refractivity contribution in [1.82, 2.24) is 10.2 Å². The number of halogens is 2. The summed E-state index contributed by atoms with van der Waals surface area (Å²) in [4.78, 5) is 2.54. The molecular formula is C17H24ClFN2. The van der Waals surface area contributed by atoms with Gasteiger partial charge in [-0.25, -0.2) is 4.39 Å². The van der Waals surface area contributed by atoms with Crippen LogP contribution >= 0.6 is 11.6 Å². The standard InChI is InChI=1S/C17H24ClFN2/c1-2-3-15-9-20-17(12-4-5-12)11-21(15)10-13-6-7-14(19)8-16(13)18/h6-8,12,15,17,20H,2-5,9-11H2,1H3. The highest BCUT2D eigenvalue weighted by Gasteiger charge is 2.36. The average molecular weight is 311 g/mol. The Kier molecular flexibility index (Phi) is 4.82. The van der Waals surface area contributed by atoms with Gasteiger partial charge >= 0.3 is 0 Å². The van der Waals surface area contributed by atoms with Gasteiger partial charge in [0.2, 0.25) is 0 Å². The van der Waals surface area contributed by atoms with Crippen LogP contribution < -0.4 is 5.32 Å². The molecule has 1 saturated carbocycles. The molecule has 3 rings (SSSR count). The Morgan fingerprint density at radius 1 is 1.38 bits per heavy atom. The molecule has 0 radical (unpaired) electrons. The number of benzene rings is 1. The Labute approximate surface area is 131 Å². The predicted octanol–water partition coefficient (Wildman–Crippen LogP) is 3.83. The second-order valence-electron chi connectivity index (χ2n) is 6.46. The highest BCUT2D eigenvalue weighted by atomic mass is 35.5. The molecule has 1 aliphatic heterocycles. The Morgan fingerprint density at radius 3 is 2.86 bits per heavy atom. The fourth-order valence-corrected chi connectivity index (χ4v) is 3.60. The molecule has 1 aromatic rings. The topological polar surface area (TPSA) is 15.3 Å². The lowest BCUT2D eigenvalue weighted by Crippen LogP contribution is -2.56. The number of hydrogen-bond donors (Lipinski definition) is 1. The Balaban J connectivity index is 1.71. The minimum absolute atomic E-state index is 0.259. The van der Waals surface area contributed by atoms with Gasteiger partial charge in [-0.05, 0) is 42.9 Å². The summed E-state index contributed by atoms with van der Waals surface area (Å²) in [5, 5.41) is 4.27. The first-order chi connectivity index (χ1) is 10.2. The molecule has 2 nitrogen and oxygen atoms in total. The highest BCUT2D eigenvalue weighted by molar-refractivity contribution is 6.31. The van der Waals surface area contributed by atoms with Crippen LogP contribution in [0.15, 0.2) is 18.2 Å². The summed E-state index contributed by atoms with van der Waals surface area (Å²) in [6, 6.07) is 5.95. The molecule has 1 aromatic carbocycles. The van der Waals surface area contributed by atoms with Gasteiger partial charge in [0.1, 0.15) is 5.82 Å². The molecule has 4 heteroatoms. The molecule has 1 N–H and O–H groups in total. The zero-order chi connectivity index (χ0) is 14.8. The van der Waals surface area contributed by atoms with E-state index in [2.05, 4.69) is 17.1 Å². The van der Waals surface area contributed by atoms with Crippen LogP contribution in [0, 0.1) is 11.7 Å². The summed E-state index contributed by atoms with van der Waals surface area (Å²) in [6.07, 6.45) is 5.11. The van der Waals surface area contributed by atoms with Gasteiger partial charge in [-0.2, -0.15) is 0 Å². The molecule has 21 heavy (non-hydrogen) atoms. The predicted molar refractivity (Wildman–Crippen MR) is 85.0 cm³/mol. The van der Waals surface area contributed by atoms with E-state index in [0.717, 1.165) is 31.1 Å². The molecule has 2 aliphatic rings. The van der Waals surface area contributed by atoms with Crippen molar-refractivity contribution in [2.75, 3.05) is 13.1 Å². The minimum atomic E-state index is -0.259. The van der Waals surface area contributed by atoms with E-state index in [1.807, 2.05) is 6.07 Å².